The summed E-state index contributed by atoms with van der Waals surface area (Å²) in [6.07, 6.45) is -1.67. The second kappa shape index (κ2) is 32.0. The first kappa shape index (κ1) is 67.3. The summed E-state index contributed by atoms with van der Waals surface area (Å²) in [4.78, 5) is 28.3. The van der Waals surface area contributed by atoms with Gasteiger partial charge in [-0.2, -0.15) is 39.5 Å². The van der Waals surface area contributed by atoms with E-state index in [9.17, 15) is 61.5 Å². The molecule has 7 rings (SSSR count). The molecule has 7 aromatic rings. The molecular formula is C44H46ClF9MnN11O8S2-. The molecule has 0 aliphatic carbocycles. The molecular weight excluding hydrogens is 1140 g/mol. The molecule has 19 nitrogen and oxygen atoms in total. The molecule has 0 radical (unpaired) electrons. The molecule has 7 N–H and O–H groups in total. The Bertz CT molecular complexity index is 3060. The minimum absolute atomic E-state index is 0.0717. The van der Waals surface area contributed by atoms with Crippen molar-refractivity contribution >= 4 is 50.4 Å². The number of imidazole rings is 2. The Hall–Kier alpha value is -6.70. The zero-order valence-electron chi connectivity index (χ0n) is 40.0. The van der Waals surface area contributed by atoms with Crippen molar-refractivity contribution in [2.24, 2.45) is 19.8 Å². The van der Waals surface area contributed by atoms with Crippen molar-refractivity contribution in [2.45, 2.75) is 41.5 Å². The number of aliphatic hydroxyl groups excluding tert-OH is 1. The Kier molecular flexibility index (Phi) is 28.4. The molecule has 0 spiro atoms. The number of hydrogen-bond acceptors (Lipinski definition) is 16. The van der Waals surface area contributed by atoms with Gasteiger partial charge in [-0.1, -0.05) is 12.1 Å². The molecule has 0 saturated heterocycles. The summed E-state index contributed by atoms with van der Waals surface area (Å²) in [6, 6.07) is 15.2. The van der Waals surface area contributed by atoms with Gasteiger partial charge in [0, 0.05) is 91.0 Å². The predicted octanol–water partition coefficient (Wildman–Crippen LogP) is 7.62. The van der Waals surface area contributed by atoms with E-state index >= 15 is 0 Å². The van der Waals surface area contributed by atoms with Crippen LogP contribution in [-0.2, 0) is 89.4 Å². The second-order valence-electron chi connectivity index (χ2n) is 14.0. The number of pyridine rings is 3. The number of nitrogens with one attached hydrogen (secondary N) is 2. The van der Waals surface area contributed by atoms with Crippen LogP contribution < -0.4 is 21.5 Å². The van der Waals surface area contributed by atoms with Crippen molar-refractivity contribution < 1.29 is 89.1 Å². The third-order valence-electron chi connectivity index (χ3n) is 8.86. The van der Waals surface area contributed by atoms with Crippen LogP contribution in [0.2, 0.25) is 0 Å². The maximum atomic E-state index is 12.6. The number of nitrogen functional groups attached to an aromatic ring is 1. The first-order valence-electron chi connectivity index (χ1n) is 20.4. The van der Waals surface area contributed by atoms with E-state index < -0.39 is 71.5 Å². The molecule has 5 heterocycles. The number of nitrogens with two attached hydrogens (primary N) is 2. The molecule has 2 aromatic carbocycles. The van der Waals surface area contributed by atoms with Gasteiger partial charge in [-0.15, -0.1) is 11.6 Å². The van der Waals surface area contributed by atoms with Gasteiger partial charge in [-0.05, 0) is 97.0 Å². The van der Waals surface area contributed by atoms with Crippen molar-refractivity contribution in [3.63, 3.8) is 0 Å². The van der Waals surface area contributed by atoms with Crippen LogP contribution in [0.15, 0.2) is 126 Å². The van der Waals surface area contributed by atoms with Crippen LogP contribution in [0.25, 0.3) is 22.5 Å². The number of nitrogens with zero attached hydrogens (tertiary/aromatic N) is 7. The number of anilines is 2. The third-order valence-corrected chi connectivity index (χ3v) is 10.9. The van der Waals surface area contributed by atoms with Crippen LogP contribution in [0.1, 0.15) is 38.6 Å². The zero-order chi connectivity index (χ0) is 58.0. The van der Waals surface area contributed by atoms with Crippen LogP contribution in [0.4, 0.5) is 50.9 Å². The summed E-state index contributed by atoms with van der Waals surface area (Å²) in [5.41, 5.74) is 11.9. The van der Waals surface area contributed by atoms with E-state index in [0.29, 0.717) is 51.3 Å². The second-order valence-corrected chi connectivity index (χ2v) is 17.0. The maximum absolute atomic E-state index is 12.6. The molecule has 0 aliphatic rings. The van der Waals surface area contributed by atoms with E-state index in [4.69, 9.17) is 18.5 Å². The number of carbonyl (C=O) groups is 1. The summed E-state index contributed by atoms with van der Waals surface area (Å²) in [5, 5.41) is 11.6. The number of sulfonamides is 1. The molecule has 1 atom stereocenters. The van der Waals surface area contributed by atoms with Gasteiger partial charge >= 0.3 is 41.0 Å². The van der Waals surface area contributed by atoms with Crippen LogP contribution >= 0.6 is 11.6 Å². The average molecular weight is 1180 g/mol. The van der Waals surface area contributed by atoms with Gasteiger partial charge in [0.25, 0.3) is 0 Å². The van der Waals surface area contributed by atoms with Gasteiger partial charge in [0.05, 0.1) is 35.5 Å². The molecule has 0 saturated carbocycles. The van der Waals surface area contributed by atoms with Crippen molar-refractivity contribution in [1.82, 2.24) is 38.8 Å². The number of aliphatic hydroxyl groups is 1. The van der Waals surface area contributed by atoms with Gasteiger partial charge in [0.2, 0.25) is 10.0 Å². The summed E-state index contributed by atoms with van der Waals surface area (Å²) in [7, 11) is 2.78. The van der Waals surface area contributed by atoms with Crippen molar-refractivity contribution in [1.29, 1.82) is 0 Å². The number of alkyl halides is 10. The Labute approximate surface area is 441 Å². The third kappa shape index (κ3) is 22.3. The number of aromatic nitrogens is 7. The number of hydrogen-bond donors (Lipinski definition) is 5. The SMILES string of the molecule is CCl.CN.CNS(=O)(=O)c1ccc(NCc2ccc(C(F)(F)F)nc2)c(-c2cn(C)cn2)c1.Cn1cnc(-c2cc(S(=O)[O-])ccc2N)c1.O=Cc1ccc(C(F)(F)F)nc1.OCc1ccc(C(F)(F)F)nc1.[O]=[Mn]=[O]. The minimum atomic E-state index is -4.49. The Morgan fingerprint density at radius 1 is 0.724 bits per heavy atom. The molecule has 32 heteroatoms. The summed E-state index contributed by atoms with van der Waals surface area (Å²) in [5.74, 6) is 0. The van der Waals surface area contributed by atoms with Gasteiger partial charge < -0.3 is 35.6 Å². The fourth-order valence-electron chi connectivity index (χ4n) is 5.36. The fourth-order valence-corrected chi connectivity index (χ4v) is 6.51. The summed E-state index contributed by atoms with van der Waals surface area (Å²) >= 11 is 0.947. The Morgan fingerprint density at radius 3 is 1.55 bits per heavy atom. The topological polar surface area (TPSA) is 296 Å². The standard InChI is InChI=1S/C18H18F3N5O2S.C10H11N3O2S.C7H6F3NO.C7H4F3NO.CH3Cl.CH5N.Mn.2O/c1-22-29(27,28)13-4-5-15(14(7-13)16-10-26(2)11-25-16)23-8-12-3-6-17(24-9-12)18(19,20)21;1-13-5-10(12-6-13)8-4-7(16(14)15)2-3-9(8)11;2*8-7(9,10)6-2-1-5(4-12)3-11-6;2*1-2;;;/h3-7,9-11,22-23H,8H2,1-2H3;2-6H,11H2,1H3,(H,14,15);1-3,12H,4H2;1-4H;1H3;2H2,1H3;;;/p-1. The number of aldehydes is 1. The molecule has 415 valence electrons. The molecule has 0 amide bonds. The van der Waals surface area contributed by atoms with Crippen molar-refractivity contribution in [3.8, 4) is 22.5 Å². The average Bonchev–Trinajstić information content (AvgIpc) is 4.04. The van der Waals surface area contributed by atoms with Gasteiger partial charge in [-0.3, -0.25) is 24.0 Å². The monoisotopic (exact) mass is 1180 g/mol. The van der Waals surface area contributed by atoms with E-state index in [0.717, 1.165) is 42.9 Å². The van der Waals surface area contributed by atoms with Gasteiger partial charge in [0.15, 0.2) is 6.29 Å². The molecule has 0 fully saturated rings. The van der Waals surface area contributed by atoms with E-state index in [-0.39, 0.29) is 28.5 Å². The number of aryl methyl sites for hydroxylation is 2. The van der Waals surface area contributed by atoms with Crippen LogP contribution in [0.3, 0.4) is 0 Å². The molecule has 0 aliphatic heterocycles. The van der Waals surface area contributed by atoms with Crippen molar-refractivity contribution in [2.75, 3.05) is 31.5 Å². The van der Waals surface area contributed by atoms with E-state index in [1.54, 1.807) is 53.4 Å². The zero-order valence-corrected chi connectivity index (χ0v) is 43.6. The van der Waals surface area contributed by atoms with Crippen LogP contribution in [0.5, 0.6) is 0 Å². The normalized spacial score (nSPS) is 11.2. The number of carbonyl (C=O) groups excluding carboxylic acids is 1. The number of halogens is 10. The quantitative estimate of drug-likeness (QED) is 0.0220. The Balaban J connectivity index is 0.000000521. The van der Waals surface area contributed by atoms with E-state index in [1.165, 1.54) is 56.9 Å². The van der Waals surface area contributed by atoms with E-state index in [2.05, 4.69) is 52.3 Å². The first-order chi connectivity index (χ1) is 35.7. The number of benzene rings is 2. The molecule has 76 heavy (non-hydrogen) atoms. The van der Waals surface area contributed by atoms with Gasteiger partial charge in [-0.25, -0.2) is 23.1 Å². The summed E-state index contributed by atoms with van der Waals surface area (Å²) < 4.78 is 178. The van der Waals surface area contributed by atoms with Crippen LogP contribution in [0, 0.1) is 0 Å². The molecule has 1 unspecified atom stereocenters. The van der Waals surface area contributed by atoms with Gasteiger partial charge in [0.1, 0.15) is 17.1 Å². The predicted molar refractivity (Wildman–Crippen MR) is 255 cm³/mol. The number of rotatable bonds is 10. The molecule has 0 bridgehead atoms. The first-order valence-corrected chi connectivity index (χ1v) is 24.7. The fraction of sp³-hybridized carbons (Fsp3) is 0.227. The van der Waals surface area contributed by atoms with Crippen molar-refractivity contribution in [3.05, 3.63) is 150 Å². The molecule has 5 aromatic heterocycles. The van der Waals surface area contributed by atoms with Crippen LogP contribution in [-0.4, -0.2) is 83.1 Å². The van der Waals surface area contributed by atoms with E-state index in [1.807, 2.05) is 7.05 Å². The Morgan fingerprint density at radius 2 is 1.18 bits per heavy atom. The summed E-state index contributed by atoms with van der Waals surface area (Å²) in [6.45, 7) is -0.103.